The third-order valence-electron chi connectivity index (χ3n) is 7.03. The number of fused-ring (bicyclic) bond motifs is 2. The lowest BCUT2D eigenvalue weighted by atomic mass is 10.1. The molecule has 220 valence electrons. The van der Waals surface area contributed by atoms with E-state index in [1.54, 1.807) is 36.4 Å². The molecule has 0 aliphatic heterocycles. The van der Waals surface area contributed by atoms with Crippen molar-refractivity contribution in [3.05, 3.63) is 135 Å². The van der Waals surface area contributed by atoms with Crippen LogP contribution in [0.3, 0.4) is 0 Å². The molecule has 0 fully saturated rings. The summed E-state index contributed by atoms with van der Waals surface area (Å²) in [6.45, 7) is 0.188. The van der Waals surface area contributed by atoms with Crippen molar-refractivity contribution in [1.29, 1.82) is 0 Å². The minimum Gasteiger partial charge on any atom is -0.493 e. The molecular weight excluding hydrogens is 591 g/mol. The molecule has 1 aromatic heterocycles. The van der Waals surface area contributed by atoms with Gasteiger partial charge in [-0.2, -0.15) is 22.9 Å². The van der Waals surface area contributed by atoms with Crippen molar-refractivity contribution in [3.63, 3.8) is 0 Å². The summed E-state index contributed by atoms with van der Waals surface area (Å²) in [5.41, 5.74) is 0.258. The molecule has 0 saturated heterocycles. The Kier molecular flexibility index (Phi) is 7.80. The molecule has 44 heavy (non-hydrogen) atoms. The number of nitrogens with zero attached hydrogens (tertiary/aromatic N) is 3. The van der Waals surface area contributed by atoms with E-state index in [4.69, 9.17) is 21.1 Å². The van der Waals surface area contributed by atoms with Gasteiger partial charge in [0.25, 0.3) is 5.56 Å². The number of halogens is 4. The molecule has 0 saturated carbocycles. The van der Waals surface area contributed by atoms with E-state index in [0.717, 1.165) is 33.1 Å². The molecule has 6 nitrogen and oxygen atoms in total. The molecule has 1 heterocycles. The van der Waals surface area contributed by atoms with Gasteiger partial charge in [-0.25, -0.2) is 4.98 Å². The van der Waals surface area contributed by atoms with E-state index < -0.39 is 17.3 Å². The molecule has 0 aliphatic rings. The fourth-order valence-electron chi connectivity index (χ4n) is 4.93. The van der Waals surface area contributed by atoms with E-state index >= 15 is 0 Å². The second-order valence-electron chi connectivity index (χ2n) is 9.85. The lowest BCUT2D eigenvalue weighted by Crippen LogP contribution is -2.20. The van der Waals surface area contributed by atoms with Crippen LogP contribution in [0.15, 0.2) is 113 Å². The highest BCUT2D eigenvalue weighted by atomic mass is 35.5. The first-order valence-corrected chi connectivity index (χ1v) is 13.8. The number of ether oxygens (including phenoxy) is 2. The Balaban J connectivity index is 1.46. The topological polar surface area (TPSA) is 65.7 Å². The molecule has 0 amide bonds. The zero-order valence-corrected chi connectivity index (χ0v) is 23.9. The predicted octanol–water partition coefficient (Wildman–Crippen LogP) is 8.36. The zero-order valence-electron chi connectivity index (χ0n) is 23.2. The van der Waals surface area contributed by atoms with Crippen LogP contribution in [-0.2, 0) is 12.8 Å². The van der Waals surface area contributed by atoms with Crippen molar-refractivity contribution >= 4 is 39.5 Å². The second-order valence-corrected chi connectivity index (χ2v) is 10.3. The molecule has 0 radical (unpaired) electrons. The van der Waals surface area contributed by atoms with Crippen LogP contribution in [0.2, 0.25) is 5.02 Å². The lowest BCUT2D eigenvalue weighted by molar-refractivity contribution is -0.137. The molecule has 10 heteroatoms. The maximum Gasteiger partial charge on any atom is 0.416 e. The predicted molar refractivity (Wildman–Crippen MR) is 166 cm³/mol. The number of benzene rings is 5. The van der Waals surface area contributed by atoms with Gasteiger partial charge in [-0.05, 0) is 46.7 Å². The Hall–Kier alpha value is -5.15. The maximum absolute atomic E-state index is 13.6. The Morgan fingerprint density at radius 3 is 2.43 bits per heavy atom. The van der Waals surface area contributed by atoms with Crippen molar-refractivity contribution in [3.8, 4) is 22.9 Å². The number of rotatable bonds is 7. The molecule has 0 aliphatic carbocycles. The fraction of sp³-hybridized carbons (Fsp3) is 0.0882. The number of alkyl halides is 3. The third kappa shape index (κ3) is 5.74. The molecule has 6 aromatic rings. The summed E-state index contributed by atoms with van der Waals surface area (Å²) in [7, 11) is 1.47. The van der Waals surface area contributed by atoms with Crippen LogP contribution < -0.4 is 15.0 Å². The van der Waals surface area contributed by atoms with Crippen molar-refractivity contribution in [2.24, 2.45) is 5.10 Å². The number of hydrogen-bond acceptors (Lipinski definition) is 5. The van der Waals surface area contributed by atoms with Crippen LogP contribution in [0.5, 0.6) is 11.5 Å². The van der Waals surface area contributed by atoms with Gasteiger partial charge >= 0.3 is 6.18 Å². The average Bonchev–Trinajstić information content (AvgIpc) is 3.03. The highest BCUT2D eigenvalue weighted by Crippen LogP contribution is 2.36. The van der Waals surface area contributed by atoms with E-state index in [1.807, 2.05) is 42.5 Å². The summed E-state index contributed by atoms with van der Waals surface area (Å²) in [5, 5.41) is 7.07. The van der Waals surface area contributed by atoms with E-state index in [-0.39, 0.29) is 23.4 Å². The molecule has 5 aromatic carbocycles. The summed E-state index contributed by atoms with van der Waals surface area (Å²) in [6.07, 6.45) is -3.24. The van der Waals surface area contributed by atoms with E-state index in [9.17, 15) is 18.0 Å². The largest absolute Gasteiger partial charge is 0.493 e. The Bertz CT molecular complexity index is 2100. The van der Waals surface area contributed by atoms with Gasteiger partial charge in [0, 0.05) is 22.2 Å². The van der Waals surface area contributed by atoms with Crippen LogP contribution >= 0.6 is 11.6 Å². The average molecular weight is 614 g/mol. The van der Waals surface area contributed by atoms with Gasteiger partial charge in [0.1, 0.15) is 6.61 Å². The summed E-state index contributed by atoms with van der Waals surface area (Å²) in [4.78, 5) is 18.2. The zero-order chi connectivity index (χ0) is 30.8. The summed E-state index contributed by atoms with van der Waals surface area (Å²) < 4.78 is 53.5. The summed E-state index contributed by atoms with van der Waals surface area (Å²) in [6, 6.07) is 28.2. The van der Waals surface area contributed by atoms with Crippen LogP contribution in [0.4, 0.5) is 13.2 Å². The Labute approximate surface area is 254 Å². The van der Waals surface area contributed by atoms with Gasteiger partial charge in [0.05, 0.1) is 29.8 Å². The molecule has 0 N–H and O–H groups in total. The molecule has 0 unspecified atom stereocenters. The molecular formula is C34H23ClF3N3O3. The van der Waals surface area contributed by atoms with Gasteiger partial charge < -0.3 is 9.47 Å². The monoisotopic (exact) mass is 613 g/mol. The lowest BCUT2D eigenvalue weighted by Gasteiger charge is -2.15. The normalized spacial score (nSPS) is 11.8. The van der Waals surface area contributed by atoms with Crippen LogP contribution in [-0.4, -0.2) is 23.0 Å². The molecule has 0 bridgehead atoms. The van der Waals surface area contributed by atoms with Crippen molar-refractivity contribution < 1.29 is 22.6 Å². The minimum absolute atomic E-state index is 0.0657. The Morgan fingerprint density at radius 2 is 1.64 bits per heavy atom. The van der Waals surface area contributed by atoms with E-state index in [1.165, 1.54) is 25.5 Å². The van der Waals surface area contributed by atoms with Gasteiger partial charge in [-0.15, -0.1) is 0 Å². The Morgan fingerprint density at radius 1 is 0.909 bits per heavy atom. The molecule has 0 spiro atoms. The first-order chi connectivity index (χ1) is 21.2. The van der Waals surface area contributed by atoms with Crippen LogP contribution in [0, 0.1) is 0 Å². The smallest absolute Gasteiger partial charge is 0.416 e. The van der Waals surface area contributed by atoms with Gasteiger partial charge in [0.2, 0.25) is 0 Å². The van der Waals surface area contributed by atoms with Crippen LogP contribution in [0.1, 0.15) is 16.7 Å². The van der Waals surface area contributed by atoms with E-state index in [0.29, 0.717) is 27.6 Å². The number of aromatic nitrogens is 2. The quantitative estimate of drug-likeness (QED) is 0.170. The SMILES string of the molecule is COc1cc(Cl)cc(C=Nn2c(-c3cccc(C(F)(F)F)c3)nc3ccccc3c2=O)c1OCc1cccc2ccccc12. The maximum atomic E-state index is 13.6. The molecule has 6 rings (SSSR count). The summed E-state index contributed by atoms with van der Waals surface area (Å²) in [5.74, 6) is 0.584. The van der Waals surface area contributed by atoms with Gasteiger partial charge in [0.15, 0.2) is 17.3 Å². The fourth-order valence-corrected chi connectivity index (χ4v) is 5.15. The first-order valence-electron chi connectivity index (χ1n) is 13.4. The highest BCUT2D eigenvalue weighted by molar-refractivity contribution is 6.31. The van der Waals surface area contributed by atoms with Crippen molar-refractivity contribution in [2.75, 3.05) is 7.11 Å². The van der Waals surface area contributed by atoms with Crippen molar-refractivity contribution in [2.45, 2.75) is 12.8 Å². The number of methoxy groups -OCH3 is 1. The van der Waals surface area contributed by atoms with E-state index in [2.05, 4.69) is 10.1 Å². The second kappa shape index (κ2) is 11.9. The van der Waals surface area contributed by atoms with Crippen molar-refractivity contribution in [1.82, 2.24) is 9.66 Å². The third-order valence-corrected chi connectivity index (χ3v) is 7.25. The standard InChI is InChI=1S/C34H23ClF3N3O3/c1-43-30-18-26(35)17-24(31(30)44-20-23-11-6-9-21-8-2-3-13-27(21)23)19-39-41-32(22-10-7-12-25(16-22)34(36,37)38)40-29-15-5-4-14-28(29)33(41)42/h2-19H,20H2,1H3. The van der Waals surface area contributed by atoms with Crippen LogP contribution in [0.25, 0.3) is 33.1 Å². The molecule has 0 atom stereocenters. The van der Waals surface area contributed by atoms with Gasteiger partial charge in [-0.1, -0.05) is 78.3 Å². The van der Waals surface area contributed by atoms with Gasteiger partial charge in [-0.3, -0.25) is 4.79 Å². The number of para-hydroxylation sites is 1. The minimum atomic E-state index is -4.59. The summed E-state index contributed by atoms with van der Waals surface area (Å²) >= 11 is 6.39. The highest BCUT2D eigenvalue weighted by Gasteiger charge is 2.31. The number of hydrogen-bond donors (Lipinski definition) is 0. The first kappa shape index (κ1) is 28.9.